The van der Waals surface area contributed by atoms with Crippen molar-refractivity contribution in [1.29, 1.82) is 0 Å². The lowest BCUT2D eigenvalue weighted by atomic mass is 9.41. The van der Waals surface area contributed by atoms with Crippen molar-refractivity contribution in [3.8, 4) is 0 Å². The van der Waals surface area contributed by atoms with Gasteiger partial charge >= 0.3 is 23.9 Å². The van der Waals surface area contributed by atoms with E-state index in [9.17, 15) is 19.2 Å². The number of rotatable bonds is 5. The van der Waals surface area contributed by atoms with E-state index in [1.54, 1.807) is 36.7 Å². The van der Waals surface area contributed by atoms with Crippen LogP contribution in [-0.4, -0.2) is 70.0 Å². The smallest absolute Gasteiger partial charge is 0.340 e. The van der Waals surface area contributed by atoms with Crippen molar-refractivity contribution >= 4 is 23.9 Å². The van der Waals surface area contributed by atoms with E-state index in [4.69, 9.17) is 23.7 Å². The average molecular weight is 619 g/mol. The van der Waals surface area contributed by atoms with E-state index in [1.807, 2.05) is 26.8 Å². The van der Waals surface area contributed by atoms with E-state index >= 15 is 0 Å². The Morgan fingerprint density at radius 2 is 1.56 bits per heavy atom. The zero-order chi connectivity index (χ0) is 32.2. The molecule has 1 spiro atoms. The summed E-state index contributed by atoms with van der Waals surface area (Å²) in [5.41, 5.74) is -2.57. The summed E-state index contributed by atoms with van der Waals surface area (Å²) in [6, 6.07) is 6.54. The van der Waals surface area contributed by atoms with Crippen molar-refractivity contribution in [3.63, 3.8) is 0 Å². The summed E-state index contributed by atoms with van der Waals surface area (Å²) in [4.78, 5) is 60.5. The standard InChI is InChI=1S/C34H38N2O9/c1-20-10-11-24(43-29(39)22-8-6-14-35-17-22)26-31(3)12-13-34(16-25(38)41-19-34)45-33(31,5)28(42-21(2)37)27(32(20,26)4)44-30(40)23-9-7-15-36-18-23/h6-10,14-15,17-18,24,26-28H,11-13,16,19H2,1-5H3/t24-,26-,27+,28+,31-,32+,33+,34+/m1/s1. The van der Waals surface area contributed by atoms with Crippen LogP contribution in [0.2, 0.25) is 0 Å². The van der Waals surface area contributed by atoms with Gasteiger partial charge in [-0.3, -0.25) is 19.6 Å². The average Bonchev–Trinajstić information content (AvgIpc) is 3.38. The van der Waals surface area contributed by atoms with Crippen LogP contribution >= 0.6 is 0 Å². The fourth-order valence-electron chi connectivity index (χ4n) is 8.37. The number of ether oxygens (including phenoxy) is 5. The Morgan fingerprint density at radius 3 is 2.11 bits per heavy atom. The molecule has 0 aromatic carbocycles. The fraction of sp³-hybridized carbons (Fsp3) is 0.529. The molecule has 45 heavy (non-hydrogen) atoms. The van der Waals surface area contributed by atoms with Gasteiger partial charge in [0.05, 0.1) is 17.5 Å². The number of nitrogens with zero attached hydrogens (tertiary/aromatic N) is 2. The predicted molar refractivity (Wildman–Crippen MR) is 158 cm³/mol. The number of hydrogen-bond acceptors (Lipinski definition) is 11. The van der Waals surface area contributed by atoms with Crippen LogP contribution in [0.3, 0.4) is 0 Å². The topological polar surface area (TPSA) is 140 Å². The second-order valence-electron chi connectivity index (χ2n) is 13.3. The molecule has 11 heteroatoms. The fourth-order valence-corrected chi connectivity index (χ4v) is 8.37. The number of carbonyl (C=O) groups excluding carboxylic acids is 4. The summed E-state index contributed by atoms with van der Waals surface area (Å²) < 4.78 is 31.2. The maximum atomic E-state index is 13.7. The van der Waals surface area contributed by atoms with E-state index < -0.39 is 64.2 Å². The van der Waals surface area contributed by atoms with Gasteiger partial charge in [0.2, 0.25) is 0 Å². The van der Waals surface area contributed by atoms with Crippen molar-refractivity contribution in [2.24, 2.45) is 16.7 Å². The number of esters is 4. The molecule has 6 rings (SSSR count). The molecule has 0 unspecified atom stereocenters. The number of carbonyl (C=O) groups is 4. The first kappa shape index (κ1) is 30.9. The van der Waals surface area contributed by atoms with Crippen LogP contribution < -0.4 is 0 Å². The van der Waals surface area contributed by atoms with Gasteiger partial charge in [0.1, 0.15) is 23.9 Å². The van der Waals surface area contributed by atoms with Crippen molar-refractivity contribution in [2.45, 2.75) is 89.8 Å². The first-order valence-electron chi connectivity index (χ1n) is 15.3. The Labute approximate surface area is 261 Å². The Hall–Kier alpha value is -4.12. The van der Waals surface area contributed by atoms with E-state index in [1.165, 1.54) is 19.3 Å². The van der Waals surface area contributed by atoms with Gasteiger partial charge in [0, 0.05) is 54.9 Å². The maximum absolute atomic E-state index is 13.7. The highest BCUT2D eigenvalue weighted by molar-refractivity contribution is 5.89. The molecule has 238 valence electrons. The lowest BCUT2D eigenvalue weighted by molar-refractivity contribution is -0.347. The van der Waals surface area contributed by atoms with Crippen LogP contribution in [0, 0.1) is 16.7 Å². The SMILES string of the molecule is CC(=O)O[C@H]1[C@H](OC(=O)c2cccnc2)[C@@]2(C)C(C)=CC[C@@H](OC(=O)c3cccnc3)[C@@H]2[C@@]2(C)CC[C@]3(COC(=O)C3)O[C@@]12C. The minimum Gasteiger partial charge on any atom is -0.463 e. The number of fused-ring (bicyclic) bond motifs is 3. The number of aromatic nitrogens is 2. The molecule has 3 fully saturated rings. The molecule has 0 amide bonds. The molecule has 0 N–H and O–H groups in total. The Kier molecular flexibility index (Phi) is 7.58. The van der Waals surface area contributed by atoms with Crippen LogP contribution in [0.15, 0.2) is 60.7 Å². The first-order valence-corrected chi connectivity index (χ1v) is 15.3. The van der Waals surface area contributed by atoms with Crippen LogP contribution in [0.4, 0.5) is 0 Å². The highest BCUT2D eigenvalue weighted by atomic mass is 16.6. The van der Waals surface area contributed by atoms with Crippen molar-refractivity contribution in [1.82, 2.24) is 9.97 Å². The molecule has 0 radical (unpaired) electrons. The molecular formula is C34H38N2O9. The molecule has 8 atom stereocenters. The van der Waals surface area contributed by atoms with Gasteiger partial charge in [-0.15, -0.1) is 0 Å². The van der Waals surface area contributed by atoms with E-state index in [-0.39, 0.29) is 24.6 Å². The first-order chi connectivity index (χ1) is 21.3. The second-order valence-corrected chi connectivity index (χ2v) is 13.3. The molecule has 11 nitrogen and oxygen atoms in total. The second kappa shape index (κ2) is 11.0. The lowest BCUT2D eigenvalue weighted by Gasteiger charge is -2.70. The summed E-state index contributed by atoms with van der Waals surface area (Å²) in [7, 11) is 0. The summed E-state index contributed by atoms with van der Waals surface area (Å²) in [6.45, 7) is 9.20. The van der Waals surface area contributed by atoms with Gasteiger partial charge in [-0.2, -0.15) is 0 Å². The maximum Gasteiger partial charge on any atom is 0.340 e. The normalized spacial score (nSPS) is 37.0. The molecule has 2 aromatic rings. The molecular weight excluding hydrogens is 580 g/mol. The van der Waals surface area contributed by atoms with Crippen molar-refractivity contribution < 1.29 is 42.9 Å². The lowest BCUT2D eigenvalue weighted by Crippen LogP contribution is -2.78. The van der Waals surface area contributed by atoms with Gasteiger partial charge in [0.25, 0.3) is 0 Å². The number of pyridine rings is 2. The minimum absolute atomic E-state index is 0.0475. The summed E-state index contributed by atoms with van der Waals surface area (Å²) in [5, 5.41) is 0. The summed E-state index contributed by atoms with van der Waals surface area (Å²) in [5.74, 6) is -2.58. The van der Waals surface area contributed by atoms with E-state index in [0.29, 0.717) is 24.8 Å². The van der Waals surface area contributed by atoms with Crippen molar-refractivity contribution in [3.05, 3.63) is 71.8 Å². The Morgan fingerprint density at radius 1 is 0.911 bits per heavy atom. The van der Waals surface area contributed by atoms with Crippen LogP contribution in [0.5, 0.6) is 0 Å². The van der Waals surface area contributed by atoms with Crippen LogP contribution in [-0.2, 0) is 33.3 Å². The van der Waals surface area contributed by atoms with E-state index in [2.05, 4.69) is 16.9 Å². The third kappa shape index (κ3) is 4.92. The van der Waals surface area contributed by atoms with Crippen LogP contribution in [0.25, 0.3) is 0 Å². The highest BCUT2D eigenvalue weighted by Crippen LogP contribution is 2.68. The molecule has 0 bridgehead atoms. The third-order valence-corrected chi connectivity index (χ3v) is 10.8. The molecule has 2 saturated heterocycles. The zero-order valence-electron chi connectivity index (χ0n) is 26.1. The summed E-state index contributed by atoms with van der Waals surface area (Å²) in [6.07, 6.45) is 6.67. The molecule has 2 aromatic heterocycles. The zero-order valence-corrected chi connectivity index (χ0v) is 26.1. The largest absolute Gasteiger partial charge is 0.463 e. The molecule has 2 aliphatic carbocycles. The minimum atomic E-state index is -1.30. The quantitative estimate of drug-likeness (QED) is 0.267. The number of hydrogen-bond donors (Lipinski definition) is 0. The predicted octanol–water partition coefficient (Wildman–Crippen LogP) is 4.41. The van der Waals surface area contributed by atoms with Gasteiger partial charge in [0.15, 0.2) is 12.2 Å². The molecule has 1 saturated carbocycles. The van der Waals surface area contributed by atoms with E-state index in [0.717, 1.165) is 5.57 Å². The monoisotopic (exact) mass is 618 g/mol. The summed E-state index contributed by atoms with van der Waals surface area (Å²) >= 11 is 0. The Bertz CT molecular complexity index is 1550. The Balaban J connectivity index is 1.51. The molecule has 2 aliphatic heterocycles. The van der Waals surface area contributed by atoms with Gasteiger partial charge < -0.3 is 23.7 Å². The number of cyclic esters (lactones) is 1. The van der Waals surface area contributed by atoms with Gasteiger partial charge in [-0.1, -0.05) is 25.5 Å². The van der Waals surface area contributed by atoms with Gasteiger partial charge in [-0.25, -0.2) is 9.59 Å². The van der Waals surface area contributed by atoms with Crippen LogP contribution in [0.1, 0.15) is 81.0 Å². The van der Waals surface area contributed by atoms with Gasteiger partial charge in [-0.05, 0) is 51.0 Å². The van der Waals surface area contributed by atoms with Crippen molar-refractivity contribution in [2.75, 3.05) is 6.61 Å². The molecule has 4 heterocycles. The molecule has 4 aliphatic rings. The highest BCUT2D eigenvalue weighted by Gasteiger charge is 2.76. The third-order valence-electron chi connectivity index (χ3n) is 10.8.